The van der Waals surface area contributed by atoms with E-state index in [4.69, 9.17) is 10.4 Å². The van der Waals surface area contributed by atoms with E-state index in [9.17, 15) is 4.79 Å². The molecule has 90 valence electrons. The molecule has 0 saturated carbocycles. The van der Waals surface area contributed by atoms with Gasteiger partial charge in [0.15, 0.2) is 0 Å². The van der Waals surface area contributed by atoms with Crippen molar-refractivity contribution in [2.45, 2.75) is 13.8 Å². The Kier molecular flexibility index (Phi) is 4.53. The van der Waals surface area contributed by atoms with Crippen LogP contribution in [0.25, 0.3) is 0 Å². The maximum Gasteiger partial charge on any atom is 0.308 e. The summed E-state index contributed by atoms with van der Waals surface area (Å²) < 4.78 is 0. The largest absolute Gasteiger partial charge is 0.481 e. The van der Waals surface area contributed by atoms with Crippen molar-refractivity contribution in [2.24, 2.45) is 11.8 Å². The number of nitriles is 1. The molecule has 1 aromatic carbocycles. The molecule has 1 unspecified atom stereocenters. The van der Waals surface area contributed by atoms with Gasteiger partial charge in [-0.15, -0.1) is 0 Å². The van der Waals surface area contributed by atoms with Crippen LogP contribution in [0.3, 0.4) is 0 Å². The van der Waals surface area contributed by atoms with Gasteiger partial charge in [0.05, 0.1) is 17.6 Å². The normalized spacial score (nSPS) is 11.9. The number of aliphatic carboxylic acids is 1. The van der Waals surface area contributed by atoms with E-state index in [-0.39, 0.29) is 5.92 Å². The highest BCUT2D eigenvalue weighted by molar-refractivity contribution is 5.71. The van der Waals surface area contributed by atoms with E-state index in [1.807, 2.05) is 26.0 Å². The van der Waals surface area contributed by atoms with Gasteiger partial charge in [-0.1, -0.05) is 19.9 Å². The number of nitrogens with zero attached hydrogens (tertiary/aromatic N) is 1. The second-order valence-corrected chi connectivity index (χ2v) is 4.26. The molecule has 0 fully saturated rings. The summed E-state index contributed by atoms with van der Waals surface area (Å²) in [5, 5.41) is 20.8. The Morgan fingerprint density at radius 2 is 2.24 bits per heavy atom. The summed E-state index contributed by atoms with van der Waals surface area (Å²) in [6.45, 7) is 4.13. The van der Waals surface area contributed by atoms with Gasteiger partial charge in [-0.05, 0) is 24.1 Å². The number of carbonyl (C=O) groups is 1. The summed E-state index contributed by atoms with van der Waals surface area (Å²) >= 11 is 0. The lowest BCUT2D eigenvalue weighted by Gasteiger charge is -2.17. The van der Waals surface area contributed by atoms with Crippen LogP contribution >= 0.6 is 0 Å². The van der Waals surface area contributed by atoms with Gasteiger partial charge in [0, 0.05) is 12.2 Å². The standard InChI is InChI=1S/C13H16N2O2/c1-9(2)12(13(16)17)8-15-11-5-3-4-10(6-11)7-14/h3-6,9,12,15H,8H2,1-2H3,(H,16,17). The van der Waals surface area contributed by atoms with Crippen molar-refractivity contribution in [1.29, 1.82) is 5.26 Å². The number of carboxylic acids is 1. The number of nitrogens with one attached hydrogen (secondary N) is 1. The molecule has 0 amide bonds. The molecule has 0 bridgehead atoms. The molecule has 0 saturated heterocycles. The third-order valence-corrected chi connectivity index (χ3v) is 2.64. The van der Waals surface area contributed by atoms with Crippen LogP contribution in [-0.2, 0) is 4.79 Å². The van der Waals surface area contributed by atoms with Gasteiger partial charge in [-0.2, -0.15) is 5.26 Å². The van der Waals surface area contributed by atoms with Crippen LogP contribution in [0.5, 0.6) is 0 Å². The maximum absolute atomic E-state index is 11.0. The van der Waals surface area contributed by atoms with E-state index in [1.54, 1.807) is 18.2 Å². The van der Waals surface area contributed by atoms with Gasteiger partial charge in [0.1, 0.15) is 0 Å². The highest BCUT2D eigenvalue weighted by Gasteiger charge is 2.20. The minimum atomic E-state index is -0.802. The smallest absolute Gasteiger partial charge is 0.308 e. The van der Waals surface area contributed by atoms with Gasteiger partial charge in [-0.25, -0.2) is 0 Å². The summed E-state index contributed by atoms with van der Waals surface area (Å²) in [6.07, 6.45) is 0. The van der Waals surface area contributed by atoms with E-state index >= 15 is 0 Å². The molecule has 0 aliphatic heterocycles. The number of rotatable bonds is 5. The van der Waals surface area contributed by atoms with Crippen molar-refractivity contribution in [3.05, 3.63) is 29.8 Å². The van der Waals surface area contributed by atoms with E-state index < -0.39 is 11.9 Å². The summed E-state index contributed by atoms with van der Waals surface area (Å²) in [5.74, 6) is -1.16. The Morgan fingerprint density at radius 1 is 1.53 bits per heavy atom. The van der Waals surface area contributed by atoms with E-state index in [2.05, 4.69) is 5.32 Å². The monoisotopic (exact) mass is 232 g/mol. The predicted octanol–water partition coefficient (Wildman–Crippen LogP) is 2.33. The van der Waals surface area contributed by atoms with Gasteiger partial charge in [-0.3, -0.25) is 4.79 Å². The fourth-order valence-corrected chi connectivity index (χ4v) is 1.53. The zero-order valence-corrected chi connectivity index (χ0v) is 9.97. The molecule has 1 rings (SSSR count). The zero-order chi connectivity index (χ0) is 12.8. The molecule has 0 aliphatic carbocycles. The maximum atomic E-state index is 11.0. The fraction of sp³-hybridized carbons (Fsp3) is 0.385. The highest BCUT2D eigenvalue weighted by atomic mass is 16.4. The minimum absolute atomic E-state index is 0.0687. The van der Waals surface area contributed by atoms with Crippen LogP contribution in [0.2, 0.25) is 0 Å². The molecule has 2 N–H and O–H groups in total. The molecular weight excluding hydrogens is 216 g/mol. The minimum Gasteiger partial charge on any atom is -0.481 e. The lowest BCUT2D eigenvalue weighted by Crippen LogP contribution is -2.27. The topological polar surface area (TPSA) is 73.1 Å². The number of carboxylic acid groups (broad SMARTS) is 1. The summed E-state index contributed by atoms with van der Waals surface area (Å²) in [7, 11) is 0. The van der Waals surface area contributed by atoms with Crippen LogP contribution in [0, 0.1) is 23.2 Å². The first-order valence-corrected chi connectivity index (χ1v) is 5.51. The number of hydrogen-bond donors (Lipinski definition) is 2. The average Bonchev–Trinajstić information content (AvgIpc) is 2.28. The van der Waals surface area contributed by atoms with Crippen LogP contribution in [0.4, 0.5) is 5.69 Å². The van der Waals surface area contributed by atoms with Crippen LogP contribution < -0.4 is 5.32 Å². The average molecular weight is 232 g/mol. The summed E-state index contributed by atoms with van der Waals surface area (Å²) in [5.41, 5.74) is 1.34. The molecule has 0 radical (unpaired) electrons. The second kappa shape index (κ2) is 5.90. The first-order valence-electron chi connectivity index (χ1n) is 5.51. The molecular formula is C13H16N2O2. The predicted molar refractivity (Wildman–Crippen MR) is 65.6 cm³/mol. The van der Waals surface area contributed by atoms with E-state index in [0.29, 0.717) is 12.1 Å². The highest BCUT2D eigenvalue weighted by Crippen LogP contribution is 2.14. The Morgan fingerprint density at radius 3 is 2.76 bits per heavy atom. The molecule has 4 nitrogen and oxygen atoms in total. The SMILES string of the molecule is CC(C)C(CNc1cccc(C#N)c1)C(=O)O. The molecule has 0 aromatic heterocycles. The quantitative estimate of drug-likeness (QED) is 0.817. The first-order chi connectivity index (χ1) is 8.04. The van der Waals surface area contributed by atoms with Gasteiger partial charge < -0.3 is 10.4 Å². The van der Waals surface area contributed by atoms with Crippen LogP contribution in [0.1, 0.15) is 19.4 Å². The summed E-state index contributed by atoms with van der Waals surface area (Å²) in [4.78, 5) is 11.0. The van der Waals surface area contributed by atoms with Crippen LogP contribution in [0.15, 0.2) is 24.3 Å². The Labute approximate surface area is 101 Å². The number of benzene rings is 1. The molecule has 0 aliphatic rings. The van der Waals surface area contributed by atoms with Crippen molar-refractivity contribution < 1.29 is 9.90 Å². The Balaban J connectivity index is 2.66. The zero-order valence-electron chi connectivity index (χ0n) is 9.97. The first kappa shape index (κ1) is 13.0. The molecule has 0 heterocycles. The third-order valence-electron chi connectivity index (χ3n) is 2.64. The molecule has 17 heavy (non-hydrogen) atoms. The summed E-state index contributed by atoms with van der Waals surface area (Å²) in [6, 6.07) is 9.05. The van der Waals surface area contributed by atoms with Gasteiger partial charge in [0.2, 0.25) is 0 Å². The molecule has 0 spiro atoms. The third kappa shape index (κ3) is 3.80. The van der Waals surface area contributed by atoms with Crippen LogP contribution in [-0.4, -0.2) is 17.6 Å². The van der Waals surface area contributed by atoms with Crippen molar-refractivity contribution >= 4 is 11.7 Å². The van der Waals surface area contributed by atoms with Crippen molar-refractivity contribution in [2.75, 3.05) is 11.9 Å². The molecule has 1 aromatic rings. The van der Waals surface area contributed by atoms with Crippen molar-refractivity contribution in [3.63, 3.8) is 0 Å². The Bertz CT molecular complexity index is 435. The molecule has 1 atom stereocenters. The number of anilines is 1. The van der Waals surface area contributed by atoms with Gasteiger partial charge in [0.25, 0.3) is 0 Å². The van der Waals surface area contributed by atoms with Crippen molar-refractivity contribution in [3.8, 4) is 6.07 Å². The van der Waals surface area contributed by atoms with E-state index in [1.165, 1.54) is 0 Å². The lowest BCUT2D eigenvalue weighted by atomic mass is 9.96. The lowest BCUT2D eigenvalue weighted by molar-refractivity contribution is -0.142. The molecule has 4 heteroatoms. The Hall–Kier alpha value is -2.02. The van der Waals surface area contributed by atoms with E-state index in [0.717, 1.165) is 5.69 Å². The second-order valence-electron chi connectivity index (χ2n) is 4.26. The fourth-order valence-electron chi connectivity index (χ4n) is 1.53. The van der Waals surface area contributed by atoms with Gasteiger partial charge >= 0.3 is 5.97 Å². The number of hydrogen-bond acceptors (Lipinski definition) is 3. The van der Waals surface area contributed by atoms with Crippen molar-refractivity contribution in [1.82, 2.24) is 0 Å².